The number of carboxylic acids is 1. The number of carboxylic acid groups (broad SMARTS) is 1. The van der Waals surface area contributed by atoms with Crippen LogP contribution in [-0.4, -0.2) is 34.9 Å². The van der Waals surface area contributed by atoms with Gasteiger partial charge in [-0.05, 0) is 58.9 Å². The predicted octanol–water partition coefficient (Wildman–Crippen LogP) is 5.20. The highest BCUT2D eigenvalue weighted by Gasteiger charge is 2.30. The number of phenolic OH excluding ortho intramolecular Hbond substituents is 1. The summed E-state index contributed by atoms with van der Waals surface area (Å²) in [6, 6.07) is 16.2. The number of nitrogens with one attached hydrogen (secondary N) is 1. The fraction of sp³-hybridized carbons (Fsp3) is 0.231. The van der Waals surface area contributed by atoms with Crippen LogP contribution in [0.25, 0.3) is 11.1 Å². The molecule has 0 radical (unpaired) electrons. The van der Waals surface area contributed by atoms with Crippen LogP contribution in [0.1, 0.15) is 33.7 Å². The van der Waals surface area contributed by atoms with E-state index in [2.05, 4.69) is 5.32 Å². The van der Waals surface area contributed by atoms with Crippen LogP contribution in [0.4, 0.5) is 4.79 Å². The fourth-order valence-electron chi connectivity index (χ4n) is 4.29. The van der Waals surface area contributed by atoms with Gasteiger partial charge in [-0.2, -0.15) is 0 Å². The van der Waals surface area contributed by atoms with E-state index in [1.165, 1.54) is 6.07 Å². The van der Waals surface area contributed by atoms with Crippen molar-refractivity contribution in [1.29, 1.82) is 0 Å². The van der Waals surface area contributed by atoms with Crippen molar-refractivity contribution in [2.24, 2.45) is 0 Å². The van der Waals surface area contributed by atoms with Crippen LogP contribution >= 0.6 is 11.6 Å². The number of alkyl carbamates (subject to hydrolysis) is 1. The lowest BCUT2D eigenvalue weighted by atomic mass is 9.98. The van der Waals surface area contributed by atoms with Gasteiger partial charge in [0.1, 0.15) is 18.4 Å². The van der Waals surface area contributed by atoms with E-state index in [0.717, 1.165) is 22.3 Å². The molecule has 0 heterocycles. The zero-order chi connectivity index (χ0) is 23.7. The number of fused-ring (bicyclic) bond motifs is 3. The Kier molecular flexibility index (Phi) is 6.29. The molecule has 0 aromatic heterocycles. The number of amides is 1. The zero-order valence-corrected chi connectivity index (χ0v) is 19.0. The Morgan fingerprint density at radius 3 is 2.18 bits per heavy atom. The summed E-state index contributed by atoms with van der Waals surface area (Å²) in [5, 5.41) is 22.9. The Hall–Kier alpha value is -3.51. The highest BCUT2D eigenvalue weighted by Crippen LogP contribution is 2.44. The molecule has 4 rings (SSSR count). The van der Waals surface area contributed by atoms with Gasteiger partial charge in [-0.1, -0.05) is 60.1 Å². The summed E-state index contributed by atoms with van der Waals surface area (Å²) < 4.78 is 5.45. The van der Waals surface area contributed by atoms with Gasteiger partial charge in [0, 0.05) is 17.4 Å². The van der Waals surface area contributed by atoms with Gasteiger partial charge in [-0.25, -0.2) is 9.59 Å². The van der Waals surface area contributed by atoms with Crippen molar-refractivity contribution in [3.05, 3.63) is 87.4 Å². The third kappa shape index (κ3) is 4.39. The van der Waals surface area contributed by atoms with E-state index in [1.54, 1.807) is 13.8 Å². The second-order valence-electron chi connectivity index (χ2n) is 8.18. The predicted molar refractivity (Wildman–Crippen MR) is 126 cm³/mol. The zero-order valence-electron chi connectivity index (χ0n) is 18.3. The van der Waals surface area contributed by atoms with Gasteiger partial charge >= 0.3 is 12.1 Å². The molecule has 0 spiro atoms. The molecule has 1 atom stereocenters. The summed E-state index contributed by atoms with van der Waals surface area (Å²) in [6.07, 6.45) is -0.967. The van der Waals surface area contributed by atoms with Crippen LogP contribution in [0.2, 0.25) is 5.02 Å². The molecule has 6 nitrogen and oxygen atoms in total. The Bertz CT molecular complexity index is 1190. The summed E-state index contributed by atoms with van der Waals surface area (Å²) in [5.41, 5.74) is 5.97. The fourth-order valence-corrected chi connectivity index (χ4v) is 4.56. The van der Waals surface area contributed by atoms with Gasteiger partial charge in [0.25, 0.3) is 0 Å². The number of carbonyl (C=O) groups is 2. The summed E-state index contributed by atoms with van der Waals surface area (Å²) >= 11 is 6.19. The minimum Gasteiger partial charge on any atom is -0.507 e. The van der Waals surface area contributed by atoms with Crippen LogP contribution in [0, 0.1) is 13.8 Å². The van der Waals surface area contributed by atoms with Crippen molar-refractivity contribution in [2.75, 3.05) is 6.61 Å². The monoisotopic (exact) mass is 465 g/mol. The molecule has 1 aliphatic rings. The first-order chi connectivity index (χ1) is 15.8. The largest absolute Gasteiger partial charge is 0.507 e. The van der Waals surface area contributed by atoms with Gasteiger partial charge in [-0.3, -0.25) is 0 Å². The summed E-state index contributed by atoms with van der Waals surface area (Å²) in [5.74, 6) is -1.40. The van der Waals surface area contributed by atoms with E-state index in [9.17, 15) is 19.8 Å². The number of hydrogen-bond acceptors (Lipinski definition) is 4. The number of ether oxygens (including phenoxy) is 1. The Morgan fingerprint density at radius 1 is 1.03 bits per heavy atom. The van der Waals surface area contributed by atoms with Crippen LogP contribution in [0.5, 0.6) is 5.75 Å². The summed E-state index contributed by atoms with van der Waals surface area (Å²) in [7, 11) is 0. The maximum absolute atomic E-state index is 12.5. The maximum Gasteiger partial charge on any atom is 0.407 e. The normalized spacial score (nSPS) is 13.2. The summed E-state index contributed by atoms with van der Waals surface area (Å²) in [4.78, 5) is 24.3. The smallest absolute Gasteiger partial charge is 0.407 e. The first kappa shape index (κ1) is 22.7. The molecule has 170 valence electrons. The molecule has 0 bridgehead atoms. The highest BCUT2D eigenvalue weighted by atomic mass is 35.5. The number of hydrogen-bond donors (Lipinski definition) is 3. The molecule has 0 saturated heterocycles. The number of aliphatic carboxylic acids is 1. The van der Waals surface area contributed by atoms with E-state index >= 15 is 0 Å². The van der Waals surface area contributed by atoms with E-state index < -0.39 is 18.1 Å². The lowest BCUT2D eigenvalue weighted by Gasteiger charge is -2.19. The summed E-state index contributed by atoms with van der Waals surface area (Å²) in [6.45, 7) is 3.55. The van der Waals surface area contributed by atoms with E-state index in [0.29, 0.717) is 21.7 Å². The second-order valence-corrected chi connectivity index (χ2v) is 8.59. The lowest BCUT2D eigenvalue weighted by Crippen LogP contribution is -2.43. The Balaban J connectivity index is 1.46. The quantitative estimate of drug-likeness (QED) is 0.465. The molecular weight excluding hydrogens is 442 g/mol. The first-order valence-electron chi connectivity index (χ1n) is 10.6. The third-order valence-corrected chi connectivity index (χ3v) is 6.63. The number of carbonyl (C=O) groups excluding carboxylic acids is 1. The van der Waals surface area contributed by atoms with Crippen LogP contribution in [-0.2, 0) is 16.0 Å². The van der Waals surface area contributed by atoms with Crippen LogP contribution < -0.4 is 5.32 Å². The highest BCUT2D eigenvalue weighted by molar-refractivity contribution is 6.31. The molecular formula is C26H24ClNO5. The van der Waals surface area contributed by atoms with Crippen LogP contribution in [0.3, 0.4) is 0 Å². The van der Waals surface area contributed by atoms with E-state index in [-0.39, 0.29) is 24.7 Å². The molecule has 1 aliphatic carbocycles. The van der Waals surface area contributed by atoms with Crippen molar-refractivity contribution in [1.82, 2.24) is 5.32 Å². The SMILES string of the molecule is Cc1c(Cl)cc(CC(NC(=O)OCC2c3ccccc3-c3ccccc32)C(=O)O)c(O)c1C. The molecule has 0 fully saturated rings. The van der Waals surface area contributed by atoms with Crippen molar-refractivity contribution in [3.63, 3.8) is 0 Å². The lowest BCUT2D eigenvalue weighted by molar-refractivity contribution is -0.139. The van der Waals surface area contributed by atoms with Gasteiger partial charge < -0.3 is 20.3 Å². The average molecular weight is 466 g/mol. The minimum absolute atomic E-state index is 0.0301. The van der Waals surface area contributed by atoms with Gasteiger partial charge in [0.05, 0.1) is 0 Å². The van der Waals surface area contributed by atoms with Gasteiger partial charge in [0.15, 0.2) is 0 Å². The molecule has 1 amide bonds. The molecule has 3 N–H and O–H groups in total. The van der Waals surface area contributed by atoms with E-state index in [1.807, 2.05) is 48.5 Å². The number of benzene rings is 3. The van der Waals surface area contributed by atoms with Crippen molar-refractivity contribution in [2.45, 2.75) is 32.2 Å². The first-order valence-corrected chi connectivity index (χ1v) is 11.0. The van der Waals surface area contributed by atoms with Crippen molar-refractivity contribution in [3.8, 4) is 16.9 Å². The molecule has 0 saturated carbocycles. The maximum atomic E-state index is 12.5. The van der Waals surface area contributed by atoms with Crippen molar-refractivity contribution >= 4 is 23.7 Å². The van der Waals surface area contributed by atoms with Crippen molar-refractivity contribution < 1.29 is 24.5 Å². The molecule has 3 aromatic rings. The minimum atomic E-state index is -1.29. The number of halogens is 1. The average Bonchev–Trinajstić information content (AvgIpc) is 3.13. The number of rotatable bonds is 6. The topological polar surface area (TPSA) is 95.9 Å². The number of aromatic hydroxyl groups is 1. The second kappa shape index (κ2) is 9.16. The molecule has 1 unspecified atom stereocenters. The van der Waals surface area contributed by atoms with Gasteiger partial charge in [0.2, 0.25) is 0 Å². The Morgan fingerprint density at radius 2 is 1.61 bits per heavy atom. The van der Waals surface area contributed by atoms with E-state index in [4.69, 9.17) is 16.3 Å². The standard InChI is InChI=1S/C26H24ClNO5/c1-14-15(2)24(29)16(11-22(14)27)12-23(25(30)31)28-26(32)33-13-21-19-9-5-3-7-17(19)18-8-4-6-10-20(18)21/h3-11,21,23,29H,12-13H2,1-2H3,(H,28,32)(H,30,31). The van der Waals surface area contributed by atoms with Gasteiger partial charge in [-0.15, -0.1) is 0 Å². The Labute approximate surface area is 196 Å². The third-order valence-electron chi connectivity index (χ3n) is 6.24. The molecule has 7 heteroatoms. The van der Waals surface area contributed by atoms with Crippen LogP contribution in [0.15, 0.2) is 54.6 Å². The molecule has 0 aliphatic heterocycles. The number of phenols is 1. The molecule has 3 aromatic carbocycles. The molecule has 33 heavy (non-hydrogen) atoms.